The predicted molar refractivity (Wildman–Crippen MR) is 42.3 cm³/mol. The van der Waals surface area contributed by atoms with Crippen molar-refractivity contribution >= 4 is 5.91 Å². The molecule has 0 rings (SSSR count). The van der Waals surface area contributed by atoms with Crippen LogP contribution in [-0.2, 0) is 14.3 Å². The van der Waals surface area contributed by atoms with E-state index in [1.54, 1.807) is 0 Å². The molecule has 0 radical (unpaired) electrons. The van der Waals surface area contributed by atoms with Crippen molar-refractivity contribution in [1.82, 2.24) is 4.90 Å². The predicted octanol–water partition coefficient (Wildman–Crippen LogP) is -0.595. The van der Waals surface area contributed by atoms with Gasteiger partial charge < -0.3 is 19.5 Å². The first-order valence-corrected chi connectivity index (χ1v) is 3.71. The van der Waals surface area contributed by atoms with Crippen LogP contribution in [0.25, 0.3) is 0 Å². The van der Waals surface area contributed by atoms with Gasteiger partial charge in [0.25, 0.3) is 0 Å². The molecule has 0 heterocycles. The normalized spacial score (nSPS) is 9.92. The summed E-state index contributed by atoms with van der Waals surface area (Å²) in [6.45, 7) is 2.14. The van der Waals surface area contributed by atoms with Crippen molar-refractivity contribution in [2.24, 2.45) is 0 Å². The summed E-state index contributed by atoms with van der Waals surface area (Å²) in [4.78, 5) is 12.6. The molecule has 0 saturated carbocycles. The molecule has 0 aromatic heterocycles. The lowest BCUT2D eigenvalue weighted by atomic mass is 10.5. The number of methoxy groups -OCH3 is 1. The zero-order valence-corrected chi connectivity index (χ0v) is 7.45. The monoisotopic (exact) mass is 177 g/mol. The summed E-state index contributed by atoms with van der Waals surface area (Å²) in [7, 11) is 1.46. The van der Waals surface area contributed by atoms with Gasteiger partial charge in [-0.3, -0.25) is 4.79 Å². The van der Waals surface area contributed by atoms with E-state index in [1.807, 2.05) is 6.92 Å². The first-order valence-electron chi connectivity index (χ1n) is 3.71. The molecular formula is C7H15NO4. The highest BCUT2D eigenvalue weighted by Crippen LogP contribution is 1.90. The number of amides is 1. The Balaban J connectivity index is 3.71. The van der Waals surface area contributed by atoms with E-state index in [0.717, 1.165) is 0 Å². The Morgan fingerprint density at radius 3 is 2.67 bits per heavy atom. The zero-order valence-electron chi connectivity index (χ0n) is 7.45. The third-order valence-electron chi connectivity index (χ3n) is 1.34. The number of aliphatic hydroxyl groups is 1. The van der Waals surface area contributed by atoms with Gasteiger partial charge in [0.1, 0.15) is 20.1 Å². The summed E-state index contributed by atoms with van der Waals surface area (Å²) < 4.78 is 9.32. The smallest absolute Gasteiger partial charge is 0.250 e. The molecule has 0 bridgehead atoms. The molecule has 12 heavy (non-hydrogen) atoms. The summed E-state index contributed by atoms with van der Waals surface area (Å²) in [5, 5.41) is 8.33. The summed E-state index contributed by atoms with van der Waals surface area (Å²) in [5.41, 5.74) is 0. The first kappa shape index (κ1) is 11.4. The second kappa shape index (κ2) is 7.02. The van der Waals surface area contributed by atoms with Gasteiger partial charge in [-0.1, -0.05) is 0 Å². The van der Waals surface area contributed by atoms with Gasteiger partial charge >= 0.3 is 0 Å². The van der Waals surface area contributed by atoms with E-state index in [1.165, 1.54) is 12.0 Å². The Kier molecular flexibility index (Phi) is 6.64. The average molecular weight is 177 g/mol. The highest BCUT2D eigenvalue weighted by molar-refractivity contribution is 5.77. The Morgan fingerprint density at radius 1 is 1.58 bits per heavy atom. The fourth-order valence-corrected chi connectivity index (χ4v) is 0.705. The Morgan fingerprint density at radius 2 is 2.25 bits per heavy atom. The Bertz CT molecular complexity index is 129. The largest absolute Gasteiger partial charge is 0.375 e. The van der Waals surface area contributed by atoms with Crippen LogP contribution in [0.2, 0.25) is 0 Å². The quantitative estimate of drug-likeness (QED) is 0.551. The molecule has 0 atom stereocenters. The Labute approximate surface area is 71.9 Å². The fraction of sp³-hybridized carbons (Fsp3) is 0.857. The van der Waals surface area contributed by atoms with Crippen LogP contribution in [0.1, 0.15) is 6.92 Å². The highest BCUT2D eigenvalue weighted by Gasteiger charge is 2.09. The molecule has 5 nitrogen and oxygen atoms in total. The number of ether oxygens (including phenoxy) is 2. The number of carbonyl (C=O) groups excluding carboxylic acids is 1. The minimum atomic E-state index is -0.378. The highest BCUT2D eigenvalue weighted by atomic mass is 16.6. The SMILES string of the molecule is CCN(COCO)C(=O)COC. The van der Waals surface area contributed by atoms with E-state index < -0.39 is 0 Å². The Hall–Kier alpha value is -0.650. The van der Waals surface area contributed by atoms with Gasteiger partial charge in [0.05, 0.1) is 0 Å². The molecule has 1 amide bonds. The zero-order chi connectivity index (χ0) is 9.40. The summed E-state index contributed by atoms with van der Waals surface area (Å²) >= 11 is 0. The van der Waals surface area contributed by atoms with Crippen molar-refractivity contribution in [2.75, 3.05) is 33.8 Å². The minimum Gasteiger partial charge on any atom is -0.375 e. The molecule has 0 aliphatic heterocycles. The molecule has 1 N–H and O–H groups in total. The molecule has 0 aromatic carbocycles. The topological polar surface area (TPSA) is 59.0 Å². The van der Waals surface area contributed by atoms with Crippen molar-refractivity contribution < 1.29 is 19.4 Å². The van der Waals surface area contributed by atoms with Crippen molar-refractivity contribution in [3.63, 3.8) is 0 Å². The van der Waals surface area contributed by atoms with Crippen molar-refractivity contribution in [2.45, 2.75) is 6.92 Å². The number of carbonyl (C=O) groups is 1. The maximum Gasteiger partial charge on any atom is 0.250 e. The molecular weight excluding hydrogens is 162 g/mol. The van der Waals surface area contributed by atoms with E-state index in [4.69, 9.17) is 5.11 Å². The number of likely N-dealkylation sites (N-methyl/N-ethyl adjacent to an activating group) is 1. The minimum absolute atomic E-state index is 0.0443. The fourth-order valence-electron chi connectivity index (χ4n) is 0.705. The van der Waals surface area contributed by atoms with Gasteiger partial charge in [-0.15, -0.1) is 0 Å². The summed E-state index contributed by atoms with van der Waals surface area (Å²) in [6, 6.07) is 0. The molecule has 0 saturated heterocycles. The molecule has 72 valence electrons. The van der Waals surface area contributed by atoms with E-state index >= 15 is 0 Å². The van der Waals surface area contributed by atoms with Gasteiger partial charge in [0, 0.05) is 13.7 Å². The van der Waals surface area contributed by atoms with Crippen LogP contribution in [0.3, 0.4) is 0 Å². The lowest BCUT2D eigenvalue weighted by Crippen LogP contribution is -2.35. The maximum atomic E-state index is 11.1. The van der Waals surface area contributed by atoms with Gasteiger partial charge in [-0.05, 0) is 6.92 Å². The number of hydrogen-bond acceptors (Lipinski definition) is 4. The molecule has 0 fully saturated rings. The second-order valence-electron chi connectivity index (χ2n) is 2.15. The first-order chi connectivity index (χ1) is 5.76. The molecule has 0 aromatic rings. The molecule has 5 heteroatoms. The second-order valence-corrected chi connectivity index (χ2v) is 2.15. The lowest BCUT2D eigenvalue weighted by molar-refractivity contribution is -0.143. The van der Waals surface area contributed by atoms with Crippen LogP contribution < -0.4 is 0 Å². The van der Waals surface area contributed by atoms with Crippen molar-refractivity contribution in [3.8, 4) is 0 Å². The van der Waals surface area contributed by atoms with E-state index in [0.29, 0.717) is 6.54 Å². The number of aliphatic hydroxyl groups excluding tert-OH is 1. The standard InChI is InChI=1S/C7H15NO4/c1-3-8(5-12-6-9)7(10)4-11-2/h9H,3-6H2,1-2H3. The van der Waals surface area contributed by atoms with Gasteiger partial charge in [-0.2, -0.15) is 0 Å². The number of nitrogens with zero attached hydrogens (tertiary/aromatic N) is 1. The lowest BCUT2D eigenvalue weighted by Gasteiger charge is -2.19. The van der Waals surface area contributed by atoms with E-state index in [9.17, 15) is 4.79 Å². The van der Waals surface area contributed by atoms with Crippen molar-refractivity contribution in [1.29, 1.82) is 0 Å². The summed E-state index contributed by atoms with van der Waals surface area (Å²) in [5.74, 6) is -0.145. The van der Waals surface area contributed by atoms with Crippen molar-refractivity contribution in [3.05, 3.63) is 0 Å². The van der Waals surface area contributed by atoms with Crippen LogP contribution in [0.4, 0.5) is 0 Å². The van der Waals surface area contributed by atoms with Crippen LogP contribution in [0.15, 0.2) is 0 Å². The van der Waals surface area contributed by atoms with E-state index in [2.05, 4.69) is 9.47 Å². The van der Waals surface area contributed by atoms with Crippen LogP contribution in [0, 0.1) is 0 Å². The van der Waals surface area contributed by atoms with Crippen LogP contribution in [-0.4, -0.2) is 49.7 Å². The number of rotatable bonds is 6. The molecule has 0 aliphatic carbocycles. The van der Waals surface area contributed by atoms with Gasteiger partial charge in [0.15, 0.2) is 0 Å². The van der Waals surface area contributed by atoms with Crippen LogP contribution >= 0.6 is 0 Å². The summed E-state index contributed by atoms with van der Waals surface area (Å²) in [6.07, 6.45) is 0. The molecule has 0 spiro atoms. The third kappa shape index (κ3) is 4.27. The van der Waals surface area contributed by atoms with Crippen LogP contribution in [0.5, 0.6) is 0 Å². The maximum absolute atomic E-state index is 11.1. The number of hydrogen-bond donors (Lipinski definition) is 1. The van der Waals surface area contributed by atoms with E-state index in [-0.39, 0.29) is 26.0 Å². The van der Waals surface area contributed by atoms with Gasteiger partial charge in [0.2, 0.25) is 5.91 Å². The molecule has 0 aliphatic rings. The van der Waals surface area contributed by atoms with Gasteiger partial charge in [-0.25, -0.2) is 0 Å². The average Bonchev–Trinajstić information content (AvgIpc) is 2.06. The molecule has 0 unspecified atom stereocenters. The third-order valence-corrected chi connectivity index (χ3v) is 1.34.